The number of esters is 1. The summed E-state index contributed by atoms with van der Waals surface area (Å²) >= 11 is 5.95. The van der Waals surface area contributed by atoms with Gasteiger partial charge >= 0.3 is 5.97 Å². The van der Waals surface area contributed by atoms with Gasteiger partial charge in [-0.3, -0.25) is 0 Å². The van der Waals surface area contributed by atoms with Crippen molar-refractivity contribution < 1.29 is 14.1 Å². The Bertz CT molecular complexity index is 938. The third-order valence-corrected chi connectivity index (χ3v) is 4.57. The van der Waals surface area contributed by atoms with Crippen molar-refractivity contribution in [3.63, 3.8) is 0 Å². The number of hydrogen-bond acceptors (Lipinski definition) is 7. The van der Waals surface area contributed by atoms with Crippen LogP contribution < -0.4 is 4.90 Å². The monoisotopic (exact) mass is 370 g/mol. The van der Waals surface area contributed by atoms with Crippen molar-refractivity contribution in [2.45, 2.75) is 13.0 Å². The number of carbonyl (C=O) groups excluding carboxylic acids is 1. The van der Waals surface area contributed by atoms with Gasteiger partial charge in [-0.25, -0.2) is 4.79 Å². The number of anilines is 1. The Morgan fingerprint density at radius 2 is 2.00 bits per heavy atom. The first-order valence-electron chi connectivity index (χ1n) is 8.06. The molecule has 4 rings (SSSR count). The van der Waals surface area contributed by atoms with E-state index in [1.807, 2.05) is 29.2 Å². The second kappa shape index (κ2) is 6.76. The van der Waals surface area contributed by atoms with E-state index in [1.165, 1.54) is 7.11 Å². The van der Waals surface area contributed by atoms with Gasteiger partial charge in [0.15, 0.2) is 17.3 Å². The molecule has 0 saturated heterocycles. The van der Waals surface area contributed by atoms with Gasteiger partial charge in [-0.1, -0.05) is 16.8 Å². The van der Waals surface area contributed by atoms with Gasteiger partial charge in [-0.15, -0.1) is 10.2 Å². The second-order valence-electron chi connectivity index (χ2n) is 5.88. The van der Waals surface area contributed by atoms with Crippen molar-refractivity contribution in [2.75, 3.05) is 18.6 Å². The number of benzene rings is 1. The molecule has 132 valence electrons. The van der Waals surface area contributed by atoms with Crippen LogP contribution in [0.15, 0.2) is 40.9 Å². The minimum Gasteiger partial charge on any atom is -0.464 e. The lowest BCUT2D eigenvalue weighted by atomic mass is 10.0. The fourth-order valence-electron chi connectivity index (χ4n) is 2.96. The number of fused-ring (bicyclic) bond motifs is 1. The molecule has 0 radical (unpaired) electrons. The van der Waals surface area contributed by atoms with Crippen LogP contribution >= 0.6 is 11.6 Å². The highest BCUT2D eigenvalue weighted by molar-refractivity contribution is 6.30. The molecule has 3 heterocycles. The molecule has 0 N–H and O–H groups in total. The third-order valence-electron chi connectivity index (χ3n) is 4.32. The molecule has 0 saturated carbocycles. The van der Waals surface area contributed by atoms with E-state index < -0.39 is 5.97 Å². The van der Waals surface area contributed by atoms with E-state index in [9.17, 15) is 4.79 Å². The number of hydrogen-bond donors (Lipinski definition) is 0. The van der Waals surface area contributed by atoms with Crippen LogP contribution in [-0.2, 0) is 17.7 Å². The fourth-order valence-corrected chi connectivity index (χ4v) is 3.09. The number of aromatic nitrogens is 3. The van der Waals surface area contributed by atoms with Crippen LogP contribution in [0.5, 0.6) is 0 Å². The minimum absolute atomic E-state index is 0.181. The zero-order valence-electron chi connectivity index (χ0n) is 14.0. The van der Waals surface area contributed by atoms with Gasteiger partial charge in [0.1, 0.15) is 5.69 Å². The Kier molecular flexibility index (Phi) is 4.30. The summed E-state index contributed by atoms with van der Waals surface area (Å²) in [6.07, 6.45) is 0.775. The Morgan fingerprint density at radius 3 is 2.69 bits per heavy atom. The molecule has 26 heavy (non-hydrogen) atoms. The van der Waals surface area contributed by atoms with E-state index in [1.54, 1.807) is 12.1 Å². The molecule has 0 fully saturated rings. The lowest BCUT2D eigenvalue weighted by Crippen LogP contribution is -2.31. The summed E-state index contributed by atoms with van der Waals surface area (Å²) in [5.74, 6) is 0.955. The molecule has 3 aromatic rings. The van der Waals surface area contributed by atoms with Crippen LogP contribution in [0.25, 0.3) is 11.3 Å². The molecule has 0 bridgehead atoms. The Labute approximate surface area is 154 Å². The number of halogens is 1. The second-order valence-corrected chi connectivity index (χ2v) is 6.32. The first kappa shape index (κ1) is 16.5. The predicted molar refractivity (Wildman–Crippen MR) is 95.1 cm³/mol. The van der Waals surface area contributed by atoms with Crippen molar-refractivity contribution in [1.29, 1.82) is 0 Å². The predicted octanol–water partition coefficient (Wildman–Crippen LogP) is 3.13. The Balaban J connectivity index is 1.55. The van der Waals surface area contributed by atoms with Gasteiger partial charge in [-0.05, 0) is 42.8 Å². The standard InChI is InChI=1S/C18H15ClN4O3/c1-25-18(24)14-6-7-16(21-20-14)23-9-8-13-15(10-23)22-26-17(13)11-2-4-12(19)5-3-11/h2-7H,8-10H2,1H3. The molecule has 1 aliphatic heterocycles. The van der Waals surface area contributed by atoms with Crippen molar-refractivity contribution >= 4 is 23.4 Å². The van der Waals surface area contributed by atoms with Crippen LogP contribution in [0, 0.1) is 0 Å². The van der Waals surface area contributed by atoms with Crippen LogP contribution in [0.4, 0.5) is 5.82 Å². The summed E-state index contributed by atoms with van der Waals surface area (Å²) in [5.41, 5.74) is 3.11. The number of rotatable bonds is 3. The van der Waals surface area contributed by atoms with Crippen LogP contribution in [-0.4, -0.2) is 35.0 Å². The highest BCUT2D eigenvalue weighted by Gasteiger charge is 2.25. The molecular weight excluding hydrogens is 356 g/mol. The zero-order valence-corrected chi connectivity index (χ0v) is 14.7. The molecule has 0 atom stereocenters. The van der Waals surface area contributed by atoms with E-state index in [4.69, 9.17) is 16.1 Å². The molecule has 1 aromatic carbocycles. The molecule has 0 unspecified atom stereocenters. The van der Waals surface area contributed by atoms with Gasteiger partial charge in [-0.2, -0.15) is 0 Å². The molecule has 7 nitrogen and oxygen atoms in total. The van der Waals surface area contributed by atoms with Gasteiger partial charge in [0, 0.05) is 22.7 Å². The SMILES string of the molecule is COC(=O)c1ccc(N2CCc3c(noc3-c3ccc(Cl)cc3)C2)nn1. The van der Waals surface area contributed by atoms with E-state index in [2.05, 4.69) is 20.1 Å². The smallest absolute Gasteiger partial charge is 0.358 e. The van der Waals surface area contributed by atoms with E-state index in [-0.39, 0.29) is 5.69 Å². The van der Waals surface area contributed by atoms with Crippen LogP contribution in [0.1, 0.15) is 21.7 Å². The van der Waals surface area contributed by atoms with Gasteiger partial charge in [0.2, 0.25) is 0 Å². The summed E-state index contributed by atoms with van der Waals surface area (Å²) in [6.45, 7) is 1.32. The van der Waals surface area contributed by atoms with Gasteiger partial charge in [0.05, 0.1) is 13.7 Å². The van der Waals surface area contributed by atoms with Crippen molar-refractivity contribution in [1.82, 2.24) is 15.4 Å². The number of ether oxygens (including phenoxy) is 1. The summed E-state index contributed by atoms with van der Waals surface area (Å²) in [4.78, 5) is 13.5. The highest BCUT2D eigenvalue weighted by Crippen LogP contribution is 2.32. The summed E-state index contributed by atoms with van der Waals surface area (Å²) in [5, 5.41) is 12.9. The first-order valence-corrected chi connectivity index (χ1v) is 8.44. The maximum Gasteiger partial charge on any atom is 0.358 e. The topological polar surface area (TPSA) is 81.4 Å². The molecule has 0 aliphatic carbocycles. The van der Waals surface area contributed by atoms with Crippen LogP contribution in [0.3, 0.4) is 0 Å². The van der Waals surface area contributed by atoms with Crippen molar-refractivity contribution in [3.05, 3.63) is 58.4 Å². The lowest BCUT2D eigenvalue weighted by Gasteiger charge is -2.26. The lowest BCUT2D eigenvalue weighted by molar-refractivity contribution is 0.0592. The minimum atomic E-state index is -0.505. The maximum absolute atomic E-state index is 11.5. The largest absolute Gasteiger partial charge is 0.464 e. The molecule has 0 spiro atoms. The first-order chi connectivity index (χ1) is 12.7. The summed E-state index contributed by atoms with van der Waals surface area (Å²) in [6, 6.07) is 10.9. The van der Waals surface area contributed by atoms with E-state index >= 15 is 0 Å². The average Bonchev–Trinajstić information content (AvgIpc) is 3.11. The summed E-state index contributed by atoms with van der Waals surface area (Å²) < 4.78 is 10.2. The molecular formula is C18H15ClN4O3. The molecule has 2 aromatic heterocycles. The zero-order chi connectivity index (χ0) is 18.1. The Morgan fingerprint density at radius 1 is 1.19 bits per heavy atom. The average molecular weight is 371 g/mol. The number of methoxy groups -OCH3 is 1. The van der Waals surface area contributed by atoms with E-state index in [0.717, 1.165) is 35.5 Å². The van der Waals surface area contributed by atoms with E-state index in [0.29, 0.717) is 17.4 Å². The third kappa shape index (κ3) is 3.01. The number of carbonyl (C=O) groups is 1. The van der Waals surface area contributed by atoms with Gasteiger partial charge < -0.3 is 14.2 Å². The molecule has 1 aliphatic rings. The van der Waals surface area contributed by atoms with Crippen molar-refractivity contribution in [2.24, 2.45) is 0 Å². The molecule has 8 heteroatoms. The van der Waals surface area contributed by atoms with Crippen molar-refractivity contribution in [3.8, 4) is 11.3 Å². The quantitative estimate of drug-likeness (QED) is 0.655. The normalized spacial score (nSPS) is 13.4. The molecule has 0 amide bonds. The van der Waals surface area contributed by atoms with Gasteiger partial charge in [0.25, 0.3) is 0 Å². The number of nitrogens with zero attached hydrogens (tertiary/aromatic N) is 4. The highest BCUT2D eigenvalue weighted by atomic mass is 35.5. The Hall–Kier alpha value is -2.93. The summed E-state index contributed by atoms with van der Waals surface area (Å²) in [7, 11) is 1.31. The maximum atomic E-state index is 11.5. The fraction of sp³-hybridized carbons (Fsp3) is 0.222. The van der Waals surface area contributed by atoms with Crippen LogP contribution in [0.2, 0.25) is 5.02 Å².